The van der Waals surface area contributed by atoms with E-state index in [2.05, 4.69) is 10.0 Å². The number of rotatable bonds is 8. The summed E-state index contributed by atoms with van der Waals surface area (Å²) in [6, 6.07) is 13.6. The minimum atomic E-state index is -3.74. The number of carbonyl (C=O) groups excluding carboxylic acids is 1. The maximum atomic E-state index is 13.6. The first-order valence-corrected chi connectivity index (χ1v) is 11.2. The topological polar surface area (TPSA) is 105 Å². The number of nitrogens with one attached hydrogen (secondary N) is 2. The number of aliphatic hydroxyl groups is 1. The molecule has 1 fully saturated rings. The molecule has 0 unspecified atom stereocenters. The number of aliphatic hydroxyl groups excluding tert-OH is 1. The van der Waals surface area contributed by atoms with Crippen molar-refractivity contribution >= 4 is 15.9 Å². The standard InChI is InChI=1S/C21H25FN2O5S/c22-18-9-5-4-6-15(18)13-23-21(26)12-16-10-11-19(20(14-25)29-16)24-30(27,28)17-7-2-1-3-8-17/h1-9,16,19-20,24-25H,10-14H2,(H,23,26)/t16-,19+,20-/m0/s1. The van der Waals surface area contributed by atoms with Crippen LogP contribution in [0.3, 0.4) is 0 Å². The lowest BCUT2D eigenvalue weighted by Gasteiger charge is -2.35. The fourth-order valence-electron chi connectivity index (χ4n) is 3.40. The Bertz CT molecular complexity index is 955. The van der Waals surface area contributed by atoms with Crippen molar-refractivity contribution in [3.05, 3.63) is 66.0 Å². The van der Waals surface area contributed by atoms with Gasteiger partial charge in [0.2, 0.25) is 15.9 Å². The Morgan fingerprint density at radius 3 is 2.50 bits per heavy atom. The average Bonchev–Trinajstić information content (AvgIpc) is 2.74. The average molecular weight is 437 g/mol. The highest BCUT2D eigenvalue weighted by Crippen LogP contribution is 2.23. The Kier molecular flexibility index (Phi) is 7.54. The molecule has 30 heavy (non-hydrogen) atoms. The third-order valence-corrected chi connectivity index (χ3v) is 6.51. The summed E-state index contributed by atoms with van der Waals surface area (Å²) in [5.74, 6) is -0.691. The summed E-state index contributed by atoms with van der Waals surface area (Å²) in [5.41, 5.74) is 0.388. The van der Waals surface area contributed by atoms with E-state index in [1.54, 1.807) is 36.4 Å². The van der Waals surface area contributed by atoms with E-state index in [0.717, 1.165) is 0 Å². The number of ether oxygens (including phenoxy) is 1. The van der Waals surface area contributed by atoms with Gasteiger partial charge in [-0.25, -0.2) is 17.5 Å². The largest absolute Gasteiger partial charge is 0.394 e. The van der Waals surface area contributed by atoms with Gasteiger partial charge in [0.05, 0.1) is 36.2 Å². The predicted molar refractivity (Wildman–Crippen MR) is 108 cm³/mol. The van der Waals surface area contributed by atoms with Crippen LogP contribution in [-0.4, -0.2) is 44.3 Å². The Labute approximate surface area is 175 Å². The fourth-order valence-corrected chi connectivity index (χ4v) is 4.72. The molecule has 1 aliphatic heterocycles. The summed E-state index contributed by atoms with van der Waals surface area (Å²) < 4.78 is 47.0. The summed E-state index contributed by atoms with van der Waals surface area (Å²) in [7, 11) is -3.74. The second kappa shape index (κ2) is 10.1. The molecule has 7 nitrogen and oxygen atoms in total. The van der Waals surface area contributed by atoms with Crippen LogP contribution in [0.25, 0.3) is 0 Å². The van der Waals surface area contributed by atoms with E-state index in [-0.39, 0.29) is 36.2 Å². The van der Waals surface area contributed by atoms with Crippen molar-refractivity contribution in [2.75, 3.05) is 6.61 Å². The molecule has 3 rings (SSSR count). The highest BCUT2D eigenvalue weighted by Gasteiger charge is 2.34. The first-order valence-electron chi connectivity index (χ1n) is 9.73. The quantitative estimate of drug-likeness (QED) is 0.585. The van der Waals surface area contributed by atoms with E-state index in [1.165, 1.54) is 18.2 Å². The Morgan fingerprint density at radius 2 is 1.80 bits per heavy atom. The minimum absolute atomic E-state index is 0.0447. The van der Waals surface area contributed by atoms with Crippen LogP contribution in [0.4, 0.5) is 4.39 Å². The second-order valence-electron chi connectivity index (χ2n) is 7.17. The van der Waals surface area contributed by atoms with Crippen molar-refractivity contribution in [2.45, 2.75) is 49.0 Å². The molecule has 1 heterocycles. The lowest BCUT2D eigenvalue weighted by Crippen LogP contribution is -2.51. The molecule has 0 bridgehead atoms. The molecule has 3 N–H and O–H groups in total. The van der Waals surface area contributed by atoms with Crippen LogP contribution in [0.2, 0.25) is 0 Å². The Hall–Kier alpha value is -2.33. The van der Waals surface area contributed by atoms with Crippen LogP contribution < -0.4 is 10.0 Å². The lowest BCUT2D eigenvalue weighted by molar-refractivity contribution is -0.130. The van der Waals surface area contributed by atoms with Gasteiger partial charge in [0.25, 0.3) is 0 Å². The molecule has 1 aliphatic rings. The van der Waals surface area contributed by atoms with E-state index >= 15 is 0 Å². The molecule has 0 spiro atoms. The first-order chi connectivity index (χ1) is 14.4. The zero-order valence-corrected chi connectivity index (χ0v) is 17.1. The highest BCUT2D eigenvalue weighted by molar-refractivity contribution is 7.89. The lowest BCUT2D eigenvalue weighted by atomic mass is 9.98. The molecule has 0 saturated carbocycles. The van der Waals surface area contributed by atoms with E-state index in [4.69, 9.17) is 4.74 Å². The number of hydrogen-bond donors (Lipinski definition) is 3. The van der Waals surface area contributed by atoms with Crippen molar-refractivity contribution < 1.29 is 27.4 Å². The van der Waals surface area contributed by atoms with Crippen molar-refractivity contribution in [3.8, 4) is 0 Å². The molecule has 1 saturated heterocycles. The molecular formula is C21H25FN2O5S. The molecule has 2 aromatic rings. The van der Waals surface area contributed by atoms with Gasteiger partial charge in [0.1, 0.15) is 5.82 Å². The normalized spacial score (nSPS) is 21.9. The third kappa shape index (κ3) is 5.85. The summed E-state index contributed by atoms with van der Waals surface area (Å²) in [6.45, 7) is -0.309. The number of hydrogen-bond acceptors (Lipinski definition) is 5. The maximum absolute atomic E-state index is 13.6. The maximum Gasteiger partial charge on any atom is 0.240 e. The fraction of sp³-hybridized carbons (Fsp3) is 0.381. The van der Waals surface area contributed by atoms with Crippen LogP contribution in [0, 0.1) is 5.82 Å². The van der Waals surface area contributed by atoms with Crippen LogP contribution in [0.1, 0.15) is 24.8 Å². The Balaban J connectivity index is 1.52. The van der Waals surface area contributed by atoms with Crippen LogP contribution in [-0.2, 0) is 26.1 Å². The third-order valence-electron chi connectivity index (χ3n) is 5.00. The zero-order chi connectivity index (χ0) is 21.6. The SMILES string of the molecule is O=C(C[C@@H]1CC[C@@H](NS(=O)(=O)c2ccccc2)[C@H](CO)O1)NCc1ccccc1F. The van der Waals surface area contributed by atoms with E-state index in [9.17, 15) is 22.7 Å². The van der Waals surface area contributed by atoms with Crippen molar-refractivity contribution in [1.82, 2.24) is 10.0 Å². The summed E-state index contributed by atoms with van der Waals surface area (Å²) in [4.78, 5) is 12.3. The second-order valence-corrected chi connectivity index (χ2v) is 8.88. The molecule has 162 valence electrons. The first kappa shape index (κ1) is 22.4. The van der Waals surface area contributed by atoms with Gasteiger partial charge < -0.3 is 15.2 Å². The monoisotopic (exact) mass is 436 g/mol. The van der Waals surface area contributed by atoms with Gasteiger partial charge in [0.15, 0.2) is 0 Å². The van der Waals surface area contributed by atoms with Gasteiger partial charge in [0, 0.05) is 12.1 Å². The van der Waals surface area contributed by atoms with Crippen LogP contribution in [0.15, 0.2) is 59.5 Å². The molecule has 0 aliphatic carbocycles. The van der Waals surface area contributed by atoms with Crippen molar-refractivity contribution in [3.63, 3.8) is 0 Å². The van der Waals surface area contributed by atoms with Crippen molar-refractivity contribution in [1.29, 1.82) is 0 Å². The van der Waals surface area contributed by atoms with Gasteiger partial charge in [-0.2, -0.15) is 0 Å². The summed E-state index contributed by atoms with van der Waals surface area (Å²) in [6.07, 6.45) is -0.307. The molecule has 9 heteroatoms. The number of halogens is 1. The molecular weight excluding hydrogens is 411 g/mol. The molecule has 0 radical (unpaired) electrons. The van der Waals surface area contributed by atoms with Gasteiger partial charge >= 0.3 is 0 Å². The Morgan fingerprint density at radius 1 is 1.10 bits per heavy atom. The van der Waals surface area contributed by atoms with Gasteiger partial charge in [-0.1, -0.05) is 36.4 Å². The zero-order valence-electron chi connectivity index (χ0n) is 16.3. The molecule has 3 atom stereocenters. The van der Waals surface area contributed by atoms with Gasteiger partial charge in [-0.15, -0.1) is 0 Å². The summed E-state index contributed by atoms with van der Waals surface area (Å²) >= 11 is 0. The highest BCUT2D eigenvalue weighted by atomic mass is 32.2. The van der Waals surface area contributed by atoms with E-state index < -0.39 is 28.3 Å². The van der Waals surface area contributed by atoms with Crippen LogP contribution >= 0.6 is 0 Å². The van der Waals surface area contributed by atoms with E-state index in [1.807, 2.05) is 0 Å². The number of sulfonamides is 1. The van der Waals surface area contributed by atoms with Gasteiger partial charge in [-0.3, -0.25) is 4.79 Å². The summed E-state index contributed by atoms with van der Waals surface area (Å²) in [5, 5.41) is 12.3. The van der Waals surface area contributed by atoms with Gasteiger partial charge in [-0.05, 0) is 31.0 Å². The smallest absolute Gasteiger partial charge is 0.240 e. The van der Waals surface area contributed by atoms with E-state index in [0.29, 0.717) is 18.4 Å². The predicted octanol–water partition coefficient (Wildman–Crippen LogP) is 1.72. The molecule has 0 aromatic heterocycles. The van der Waals surface area contributed by atoms with Crippen LogP contribution in [0.5, 0.6) is 0 Å². The number of amides is 1. The number of carbonyl (C=O) groups is 1. The number of benzene rings is 2. The molecule has 2 aromatic carbocycles. The minimum Gasteiger partial charge on any atom is -0.394 e. The molecule has 1 amide bonds. The van der Waals surface area contributed by atoms with Crippen molar-refractivity contribution in [2.24, 2.45) is 0 Å².